The molecule has 0 fully saturated rings. The minimum absolute atomic E-state index is 0.0354. The molecule has 4 rings (SSSR count). The lowest BCUT2D eigenvalue weighted by atomic mass is 9.87. The Morgan fingerprint density at radius 3 is 2.77 bits per heavy atom. The van der Waals surface area contributed by atoms with Crippen molar-refractivity contribution in [2.45, 2.75) is 39.8 Å². The Morgan fingerprint density at radius 2 is 2.06 bits per heavy atom. The van der Waals surface area contributed by atoms with Crippen molar-refractivity contribution in [2.75, 3.05) is 20.1 Å². The number of thiazole rings is 1. The van der Waals surface area contributed by atoms with Crippen LogP contribution in [0.5, 0.6) is 5.75 Å². The lowest BCUT2D eigenvalue weighted by Gasteiger charge is -2.39. The molecule has 0 N–H and O–H groups in total. The third kappa shape index (κ3) is 5.37. The highest BCUT2D eigenvalue weighted by Crippen LogP contribution is 2.38. The van der Waals surface area contributed by atoms with Crippen molar-refractivity contribution >= 4 is 23.2 Å². The van der Waals surface area contributed by atoms with Crippen LogP contribution in [0.25, 0.3) is 0 Å². The van der Waals surface area contributed by atoms with Gasteiger partial charge < -0.3 is 14.5 Å². The Labute approximate surface area is 209 Å². The van der Waals surface area contributed by atoms with Crippen molar-refractivity contribution in [3.8, 4) is 5.75 Å². The molecule has 0 saturated carbocycles. The molecule has 1 atom stereocenters. The number of nitrogens with zero attached hydrogens (tertiary/aromatic N) is 3. The predicted octanol–water partition coefficient (Wildman–Crippen LogP) is 5.08. The highest BCUT2D eigenvalue weighted by atomic mass is 32.1. The lowest BCUT2D eigenvalue weighted by Crippen LogP contribution is -2.42. The first-order chi connectivity index (χ1) is 16.8. The summed E-state index contributed by atoms with van der Waals surface area (Å²) >= 11 is 1.38. The van der Waals surface area contributed by atoms with Crippen LogP contribution >= 0.6 is 11.3 Å². The van der Waals surface area contributed by atoms with Gasteiger partial charge in [-0.3, -0.25) is 9.59 Å². The van der Waals surface area contributed by atoms with E-state index in [9.17, 15) is 14.0 Å². The largest absolute Gasteiger partial charge is 0.486 e. The molecule has 1 aromatic heterocycles. The molecule has 0 bridgehead atoms. The number of amides is 2. The Hall–Kier alpha value is -3.26. The first kappa shape index (κ1) is 24.9. The standard InChI is InChI=1S/C27H30FN3O3S/c1-5-30(4)27(33)23-16-35-24(29-23)15-34-21-10-9-18-11-12-31(26(32)17(2)3)25(22(18)14-21)19-7-6-8-20(28)13-19/h6-10,13-14,16-17,25H,5,11-12,15H2,1-4H3/t25-/m0/s1. The predicted molar refractivity (Wildman–Crippen MR) is 134 cm³/mol. The maximum absolute atomic E-state index is 14.1. The molecule has 1 aliphatic heterocycles. The molecule has 0 saturated heterocycles. The number of aromatic nitrogens is 1. The molecule has 8 heteroatoms. The quantitative estimate of drug-likeness (QED) is 0.458. The molecule has 2 aromatic carbocycles. The SMILES string of the molecule is CCN(C)C(=O)c1csc(COc2ccc3c(c2)[C@H](c2cccc(F)c2)N(C(=O)C(C)C)CC3)n1. The number of carbonyl (C=O) groups is 2. The van der Waals surface area contributed by atoms with Gasteiger partial charge in [-0.2, -0.15) is 0 Å². The molecular formula is C27H30FN3O3S. The zero-order valence-electron chi connectivity index (χ0n) is 20.5. The number of rotatable bonds is 7. The fourth-order valence-electron chi connectivity index (χ4n) is 4.25. The van der Waals surface area contributed by atoms with E-state index in [1.54, 1.807) is 23.4 Å². The second-order valence-electron chi connectivity index (χ2n) is 8.99. The van der Waals surface area contributed by atoms with Crippen molar-refractivity contribution in [3.05, 3.63) is 81.1 Å². The number of fused-ring (bicyclic) bond motifs is 1. The first-order valence-corrected chi connectivity index (χ1v) is 12.7. The van der Waals surface area contributed by atoms with Crippen LogP contribution in [-0.2, 0) is 17.8 Å². The van der Waals surface area contributed by atoms with Crippen molar-refractivity contribution in [3.63, 3.8) is 0 Å². The summed E-state index contributed by atoms with van der Waals surface area (Å²) in [6.45, 7) is 7.09. The Bertz CT molecular complexity index is 1230. The van der Waals surface area contributed by atoms with Gasteiger partial charge in [-0.1, -0.05) is 32.0 Å². The zero-order chi connectivity index (χ0) is 25.1. The summed E-state index contributed by atoms with van der Waals surface area (Å²) in [6.07, 6.45) is 0.725. The van der Waals surface area contributed by atoms with Crippen LogP contribution < -0.4 is 4.74 Å². The van der Waals surface area contributed by atoms with Gasteiger partial charge in [0.15, 0.2) is 0 Å². The maximum Gasteiger partial charge on any atom is 0.273 e. The fraction of sp³-hybridized carbons (Fsp3) is 0.370. The van der Waals surface area contributed by atoms with Crippen LogP contribution in [-0.4, -0.2) is 46.7 Å². The average molecular weight is 496 g/mol. The average Bonchev–Trinajstić information content (AvgIpc) is 3.34. The Kier molecular flexibility index (Phi) is 7.50. The topological polar surface area (TPSA) is 62.7 Å². The van der Waals surface area contributed by atoms with Gasteiger partial charge >= 0.3 is 0 Å². The molecule has 0 radical (unpaired) electrons. The molecule has 0 unspecified atom stereocenters. The third-order valence-corrected chi connectivity index (χ3v) is 7.06. The van der Waals surface area contributed by atoms with E-state index < -0.39 is 0 Å². The highest BCUT2D eigenvalue weighted by molar-refractivity contribution is 7.09. The van der Waals surface area contributed by atoms with Crippen molar-refractivity contribution in [1.29, 1.82) is 0 Å². The van der Waals surface area contributed by atoms with E-state index >= 15 is 0 Å². The van der Waals surface area contributed by atoms with Gasteiger partial charge in [0.25, 0.3) is 5.91 Å². The van der Waals surface area contributed by atoms with Gasteiger partial charge in [0.2, 0.25) is 5.91 Å². The molecule has 2 amide bonds. The summed E-state index contributed by atoms with van der Waals surface area (Å²) in [5.74, 6) is 0.0602. The normalized spacial score (nSPS) is 15.1. The number of benzene rings is 2. The van der Waals surface area contributed by atoms with Crippen molar-refractivity contribution < 1.29 is 18.7 Å². The minimum atomic E-state index is -0.387. The lowest BCUT2D eigenvalue weighted by molar-refractivity contribution is -0.136. The number of halogens is 1. The van der Waals surface area contributed by atoms with E-state index in [4.69, 9.17) is 4.74 Å². The Morgan fingerprint density at radius 1 is 1.26 bits per heavy atom. The maximum atomic E-state index is 14.1. The van der Waals surface area contributed by atoms with Gasteiger partial charge in [-0.25, -0.2) is 9.37 Å². The zero-order valence-corrected chi connectivity index (χ0v) is 21.3. The van der Waals surface area contributed by atoms with E-state index in [0.717, 1.165) is 23.1 Å². The molecule has 6 nitrogen and oxygen atoms in total. The van der Waals surface area contributed by atoms with Crippen LogP contribution in [0.1, 0.15) is 59.0 Å². The molecule has 0 spiro atoms. The molecule has 2 heterocycles. The van der Waals surface area contributed by atoms with Crippen LogP contribution in [0.4, 0.5) is 4.39 Å². The van der Waals surface area contributed by atoms with Crippen LogP contribution in [0.3, 0.4) is 0 Å². The van der Waals surface area contributed by atoms with Gasteiger partial charge in [0.05, 0.1) is 6.04 Å². The number of ether oxygens (including phenoxy) is 1. The van der Waals surface area contributed by atoms with E-state index in [-0.39, 0.29) is 36.2 Å². The molecule has 35 heavy (non-hydrogen) atoms. The molecular weight excluding hydrogens is 465 g/mol. The molecule has 0 aliphatic carbocycles. The van der Waals surface area contributed by atoms with Gasteiger partial charge in [-0.15, -0.1) is 11.3 Å². The summed E-state index contributed by atoms with van der Waals surface area (Å²) in [4.78, 5) is 33.3. The number of hydrogen-bond donors (Lipinski definition) is 0. The molecule has 1 aliphatic rings. The van der Waals surface area contributed by atoms with E-state index in [1.807, 2.05) is 49.9 Å². The minimum Gasteiger partial charge on any atom is -0.486 e. The molecule has 3 aromatic rings. The second kappa shape index (κ2) is 10.6. The fourth-order valence-corrected chi connectivity index (χ4v) is 4.93. The van der Waals surface area contributed by atoms with E-state index in [2.05, 4.69) is 4.98 Å². The van der Waals surface area contributed by atoms with Gasteiger partial charge in [0, 0.05) is 31.4 Å². The van der Waals surface area contributed by atoms with Crippen LogP contribution in [0.15, 0.2) is 47.8 Å². The van der Waals surface area contributed by atoms with Gasteiger partial charge in [0.1, 0.15) is 28.9 Å². The van der Waals surface area contributed by atoms with Gasteiger partial charge in [-0.05, 0) is 54.3 Å². The summed E-state index contributed by atoms with van der Waals surface area (Å²) in [6, 6.07) is 11.9. The number of carbonyl (C=O) groups excluding carboxylic acids is 2. The summed E-state index contributed by atoms with van der Waals surface area (Å²) in [5, 5.41) is 2.45. The summed E-state index contributed by atoms with van der Waals surface area (Å²) in [7, 11) is 1.74. The van der Waals surface area contributed by atoms with Crippen LogP contribution in [0.2, 0.25) is 0 Å². The summed E-state index contributed by atoms with van der Waals surface area (Å²) in [5.41, 5.74) is 3.20. The van der Waals surface area contributed by atoms with Crippen LogP contribution in [0, 0.1) is 11.7 Å². The summed E-state index contributed by atoms with van der Waals surface area (Å²) < 4.78 is 20.2. The third-order valence-electron chi connectivity index (χ3n) is 6.24. The van der Waals surface area contributed by atoms with Crippen molar-refractivity contribution in [2.24, 2.45) is 5.92 Å². The molecule has 184 valence electrons. The Balaban J connectivity index is 1.60. The van der Waals surface area contributed by atoms with E-state index in [0.29, 0.717) is 29.5 Å². The first-order valence-electron chi connectivity index (χ1n) is 11.8. The number of hydrogen-bond acceptors (Lipinski definition) is 5. The highest BCUT2D eigenvalue weighted by Gasteiger charge is 2.33. The monoisotopic (exact) mass is 495 g/mol. The van der Waals surface area contributed by atoms with Crippen molar-refractivity contribution in [1.82, 2.24) is 14.8 Å². The smallest absolute Gasteiger partial charge is 0.273 e. The second-order valence-corrected chi connectivity index (χ2v) is 9.93. The van der Waals surface area contributed by atoms with E-state index in [1.165, 1.54) is 23.5 Å².